The Morgan fingerprint density at radius 1 is 1.27 bits per heavy atom. The number of rotatable bonds is 7. The van der Waals surface area contributed by atoms with Crippen molar-refractivity contribution in [3.8, 4) is 0 Å². The summed E-state index contributed by atoms with van der Waals surface area (Å²) in [7, 11) is 0. The molecular weight excluding hydrogens is 296 g/mol. The van der Waals surface area contributed by atoms with Gasteiger partial charge in [-0.15, -0.1) is 11.8 Å². The SMILES string of the molecule is CCN(Cc1ccccc1)C(=O)CSCc1c(C)noc1C. The largest absolute Gasteiger partial charge is 0.361 e. The van der Waals surface area contributed by atoms with Crippen LogP contribution in [0.15, 0.2) is 34.9 Å². The second-order valence-electron chi connectivity index (χ2n) is 5.19. The predicted molar refractivity (Wildman–Crippen MR) is 89.7 cm³/mol. The Bertz CT molecular complexity index is 591. The zero-order chi connectivity index (χ0) is 15.9. The minimum atomic E-state index is 0.170. The van der Waals surface area contributed by atoms with Crippen LogP contribution in [0.4, 0.5) is 0 Å². The molecule has 0 saturated carbocycles. The summed E-state index contributed by atoms with van der Waals surface area (Å²) in [6, 6.07) is 10.1. The Balaban J connectivity index is 1.85. The molecule has 0 aliphatic heterocycles. The van der Waals surface area contributed by atoms with E-state index in [0.717, 1.165) is 34.9 Å². The van der Waals surface area contributed by atoms with Gasteiger partial charge in [-0.25, -0.2) is 0 Å². The molecule has 0 bridgehead atoms. The molecule has 4 nitrogen and oxygen atoms in total. The van der Waals surface area contributed by atoms with Gasteiger partial charge in [0.1, 0.15) is 5.76 Å². The Kier molecular flexibility index (Phi) is 6.07. The van der Waals surface area contributed by atoms with Gasteiger partial charge in [0.15, 0.2) is 0 Å². The Labute approximate surface area is 135 Å². The minimum absolute atomic E-state index is 0.170. The van der Waals surface area contributed by atoms with E-state index >= 15 is 0 Å². The van der Waals surface area contributed by atoms with Gasteiger partial charge >= 0.3 is 0 Å². The maximum Gasteiger partial charge on any atom is 0.232 e. The zero-order valence-electron chi connectivity index (χ0n) is 13.3. The lowest BCUT2D eigenvalue weighted by Gasteiger charge is -2.20. The molecule has 0 aliphatic carbocycles. The maximum atomic E-state index is 12.3. The molecule has 0 atom stereocenters. The van der Waals surface area contributed by atoms with Gasteiger partial charge in [0.05, 0.1) is 11.4 Å². The molecule has 1 heterocycles. The lowest BCUT2D eigenvalue weighted by Crippen LogP contribution is -2.31. The number of carbonyl (C=O) groups excluding carboxylic acids is 1. The third kappa shape index (κ3) is 4.37. The summed E-state index contributed by atoms with van der Waals surface area (Å²) in [6.45, 7) is 7.24. The average molecular weight is 318 g/mol. The number of thioether (sulfide) groups is 1. The minimum Gasteiger partial charge on any atom is -0.361 e. The second-order valence-corrected chi connectivity index (χ2v) is 6.17. The van der Waals surface area contributed by atoms with Crippen LogP contribution < -0.4 is 0 Å². The van der Waals surface area contributed by atoms with Crippen LogP contribution in [0.2, 0.25) is 0 Å². The van der Waals surface area contributed by atoms with Gasteiger partial charge in [0, 0.05) is 24.4 Å². The molecule has 1 aromatic carbocycles. The number of aromatic nitrogens is 1. The summed E-state index contributed by atoms with van der Waals surface area (Å²) >= 11 is 1.61. The molecule has 0 fully saturated rings. The smallest absolute Gasteiger partial charge is 0.232 e. The Morgan fingerprint density at radius 2 is 2.00 bits per heavy atom. The summed E-state index contributed by atoms with van der Waals surface area (Å²) in [5.41, 5.74) is 3.17. The first-order valence-electron chi connectivity index (χ1n) is 7.43. The Hall–Kier alpha value is -1.75. The van der Waals surface area contributed by atoms with Gasteiger partial charge in [-0.05, 0) is 26.3 Å². The summed E-state index contributed by atoms with van der Waals surface area (Å²) in [5, 5.41) is 3.94. The molecule has 22 heavy (non-hydrogen) atoms. The highest BCUT2D eigenvalue weighted by molar-refractivity contribution is 7.99. The van der Waals surface area contributed by atoms with Gasteiger partial charge in [0.25, 0.3) is 0 Å². The van der Waals surface area contributed by atoms with Gasteiger partial charge in [-0.3, -0.25) is 4.79 Å². The van der Waals surface area contributed by atoms with Crippen molar-refractivity contribution in [2.75, 3.05) is 12.3 Å². The van der Waals surface area contributed by atoms with E-state index in [4.69, 9.17) is 4.52 Å². The van der Waals surface area contributed by atoms with Crippen molar-refractivity contribution < 1.29 is 9.32 Å². The topological polar surface area (TPSA) is 46.3 Å². The summed E-state index contributed by atoms with van der Waals surface area (Å²) in [4.78, 5) is 14.2. The third-order valence-electron chi connectivity index (χ3n) is 3.60. The molecular formula is C17H22N2O2S. The van der Waals surface area contributed by atoms with Gasteiger partial charge < -0.3 is 9.42 Å². The number of aryl methyl sites for hydroxylation is 2. The number of nitrogens with zero attached hydrogens (tertiary/aromatic N) is 2. The molecule has 2 rings (SSSR count). The van der Waals surface area contributed by atoms with Crippen molar-refractivity contribution in [1.29, 1.82) is 0 Å². The highest BCUT2D eigenvalue weighted by atomic mass is 32.2. The Morgan fingerprint density at radius 3 is 2.59 bits per heavy atom. The first-order valence-corrected chi connectivity index (χ1v) is 8.58. The van der Waals surface area contributed by atoms with E-state index in [1.54, 1.807) is 11.8 Å². The monoisotopic (exact) mass is 318 g/mol. The van der Waals surface area contributed by atoms with Crippen molar-refractivity contribution >= 4 is 17.7 Å². The van der Waals surface area contributed by atoms with Crippen LogP contribution in [0.25, 0.3) is 0 Å². The first-order chi connectivity index (χ1) is 10.6. The van der Waals surface area contributed by atoms with Gasteiger partial charge in [0.2, 0.25) is 5.91 Å². The van der Waals surface area contributed by atoms with Crippen LogP contribution in [0, 0.1) is 13.8 Å². The quantitative estimate of drug-likeness (QED) is 0.783. The average Bonchev–Trinajstić information content (AvgIpc) is 2.85. The van der Waals surface area contributed by atoms with Crippen molar-refractivity contribution in [3.63, 3.8) is 0 Å². The molecule has 0 saturated heterocycles. The number of hydrogen-bond acceptors (Lipinski definition) is 4. The van der Waals surface area contributed by atoms with E-state index in [2.05, 4.69) is 5.16 Å². The lowest BCUT2D eigenvalue weighted by atomic mass is 10.2. The van der Waals surface area contributed by atoms with Crippen LogP contribution in [-0.2, 0) is 17.1 Å². The predicted octanol–water partition coefficient (Wildman–Crippen LogP) is 3.57. The van der Waals surface area contributed by atoms with Crippen LogP contribution in [0.3, 0.4) is 0 Å². The van der Waals surface area contributed by atoms with Crippen LogP contribution in [0.5, 0.6) is 0 Å². The molecule has 2 aromatic rings. The lowest BCUT2D eigenvalue weighted by molar-refractivity contribution is -0.128. The number of hydrogen-bond donors (Lipinski definition) is 0. The van der Waals surface area contributed by atoms with Crippen LogP contribution in [0.1, 0.15) is 29.5 Å². The molecule has 1 aromatic heterocycles. The third-order valence-corrected chi connectivity index (χ3v) is 4.55. The molecule has 0 N–H and O–H groups in total. The van der Waals surface area contributed by atoms with E-state index in [1.165, 1.54) is 0 Å². The van der Waals surface area contributed by atoms with Crippen molar-refractivity contribution in [2.24, 2.45) is 0 Å². The van der Waals surface area contributed by atoms with Crippen LogP contribution >= 0.6 is 11.8 Å². The molecule has 0 unspecified atom stereocenters. The van der Waals surface area contributed by atoms with Crippen molar-refractivity contribution in [3.05, 3.63) is 52.9 Å². The molecule has 0 spiro atoms. The number of carbonyl (C=O) groups is 1. The normalized spacial score (nSPS) is 10.7. The van der Waals surface area contributed by atoms with Gasteiger partial charge in [-0.2, -0.15) is 0 Å². The van der Waals surface area contributed by atoms with E-state index in [9.17, 15) is 4.79 Å². The fourth-order valence-electron chi connectivity index (χ4n) is 2.22. The summed E-state index contributed by atoms with van der Waals surface area (Å²) < 4.78 is 5.14. The molecule has 0 aliphatic rings. The molecule has 118 valence electrons. The summed E-state index contributed by atoms with van der Waals surface area (Å²) in [6.07, 6.45) is 0. The van der Waals surface area contributed by atoms with Crippen LogP contribution in [-0.4, -0.2) is 28.3 Å². The standard InChI is InChI=1S/C17H22N2O2S/c1-4-19(10-15-8-6-5-7-9-15)17(20)12-22-11-16-13(2)18-21-14(16)3/h5-9H,4,10-12H2,1-3H3. The number of benzene rings is 1. The maximum absolute atomic E-state index is 12.3. The fourth-order valence-corrected chi connectivity index (χ4v) is 3.30. The van der Waals surface area contributed by atoms with Gasteiger partial charge in [-0.1, -0.05) is 35.5 Å². The van der Waals surface area contributed by atoms with E-state index in [0.29, 0.717) is 12.3 Å². The van der Waals surface area contributed by atoms with E-state index in [1.807, 2.05) is 56.0 Å². The van der Waals surface area contributed by atoms with Crippen molar-refractivity contribution in [2.45, 2.75) is 33.1 Å². The second kappa shape index (κ2) is 8.03. The zero-order valence-corrected chi connectivity index (χ0v) is 14.2. The molecule has 1 amide bonds. The molecule has 0 radical (unpaired) electrons. The number of amides is 1. The van der Waals surface area contributed by atoms with E-state index in [-0.39, 0.29) is 5.91 Å². The van der Waals surface area contributed by atoms with E-state index < -0.39 is 0 Å². The highest BCUT2D eigenvalue weighted by Crippen LogP contribution is 2.20. The molecule has 5 heteroatoms. The van der Waals surface area contributed by atoms with Crippen molar-refractivity contribution in [1.82, 2.24) is 10.1 Å². The first kappa shape index (κ1) is 16.6. The summed E-state index contributed by atoms with van der Waals surface area (Å²) in [5.74, 6) is 2.25. The highest BCUT2D eigenvalue weighted by Gasteiger charge is 2.14. The fraction of sp³-hybridized carbons (Fsp3) is 0.412.